The highest BCUT2D eigenvalue weighted by Gasteiger charge is 2.30. The molecule has 2 amide bonds. The van der Waals surface area contributed by atoms with Crippen molar-refractivity contribution in [3.63, 3.8) is 0 Å². The fraction of sp³-hybridized carbons (Fsp3) is 0.308. The van der Waals surface area contributed by atoms with Crippen LogP contribution in [-0.2, 0) is 14.6 Å². The van der Waals surface area contributed by atoms with Gasteiger partial charge >= 0.3 is 0 Å². The zero-order chi connectivity index (χ0) is 18.5. The van der Waals surface area contributed by atoms with Crippen molar-refractivity contribution in [2.75, 3.05) is 19.1 Å². The minimum absolute atomic E-state index is 0.326. The molecular formula is C13H14N4O6S. The third-order valence-corrected chi connectivity index (χ3v) is 3.84. The van der Waals surface area contributed by atoms with Crippen LogP contribution in [0.4, 0.5) is 5.69 Å². The summed E-state index contributed by atoms with van der Waals surface area (Å²) in [5, 5.41) is 21.8. The number of amides is 2. The van der Waals surface area contributed by atoms with Crippen molar-refractivity contribution >= 4 is 27.3 Å². The van der Waals surface area contributed by atoms with E-state index in [1.165, 1.54) is 24.4 Å². The summed E-state index contributed by atoms with van der Waals surface area (Å²) in [7, 11) is -2.56. The zero-order valence-corrected chi connectivity index (χ0v) is 13.6. The molecule has 0 aromatic heterocycles. The van der Waals surface area contributed by atoms with Crippen molar-refractivity contribution in [3.05, 3.63) is 39.9 Å². The SMILES string of the molecule is CN(C#N)C(=O)C(CS(C)(=O)=O)NC(=O)c1ccccc1[N+](=O)[O-]. The number of hydrogen-bond donors (Lipinski definition) is 1. The molecule has 11 heteroatoms. The molecule has 0 aliphatic heterocycles. The van der Waals surface area contributed by atoms with E-state index in [2.05, 4.69) is 5.32 Å². The number of nitriles is 1. The van der Waals surface area contributed by atoms with Gasteiger partial charge in [0.15, 0.2) is 6.19 Å². The van der Waals surface area contributed by atoms with Gasteiger partial charge in [-0.05, 0) is 6.07 Å². The summed E-state index contributed by atoms with van der Waals surface area (Å²) in [6, 6.07) is 3.47. The molecule has 1 aromatic rings. The molecule has 10 nitrogen and oxygen atoms in total. The number of hydrogen-bond acceptors (Lipinski definition) is 7. The molecule has 0 heterocycles. The van der Waals surface area contributed by atoms with Crippen molar-refractivity contribution in [1.29, 1.82) is 5.26 Å². The third-order valence-electron chi connectivity index (χ3n) is 2.90. The highest BCUT2D eigenvalue weighted by atomic mass is 32.2. The smallest absolute Gasteiger partial charge is 0.282 e. The van der Waals surface area contributed by atoms with Gasteiger partial charge in [-0.3, -0.25) is 24.6 Å². The molecular weight excluding hydrogens is 340 g/mol. The minimum atomic E-state index is -3.67. The first-order valence-electron chi connectivity index (χ1n) is 6.46. The predicted molar refractivity (Wildman–Crippen MR) is 82.4 cm³/mol. The van der Waals surface area contributed by atoms with Gasteiger partial charge in [-0.25, -0.2) is 8.42 Å². The lowest BCUT2D eigenvalue weighted by Gasteiger charge is -2.19. The maximum atomic E-state index is 12.2. The molecule has 0 aliphatic carbocycles. The van der Waals surface area contributed by atoms with Gasteiger partial charge in [0.05, 0.1) is 10.7 Å². The molecule has 0 fully saturated rings. The number of nitrogens with one attached hydrogen (secondary N) is 1. The van der Waals surface area contributed by atoms with E-state index in [4.69, 9.17) is 5.26 Å². The number of carbonyl (C=O) groups is 2. The number of rotatable bonds is 6. The van der Waals surface area contributed by atoms with Crippen LogP contribution >= 0.6 is 0 Å². The van der Waals surface area contributed by atoms with Crippen molar-refractivity contribution in [1.82, 2.24) is 10.2 Å². The number of nitrogens with zero attached hydrogens (tertiary/aromatic N) is 3. The Hall–Kier alpha value is -3.00. The van der Waals surface area contributed by atoms with E-state index in [0.717, 1.165) is 19.4 Å². The van der Waals surface area contributed by atoms with E-state index < -0.39 is 44.1 Å². The summed E-state index contributed by atoms with van der Waals surface area (Å²) in [6.07, 6.45) is 2.36. The van der Waals surface area contributed by atoms with Crippen LogP contribution in [0.5, 0.6) is 0 Å². The van der Waals surface area contributed by atoms with Gasteiger partial charge in [0.1, 0.15) is 21.4 Å². The molecule has 0 saturated carbocycles. The molecule has 128 valence electrons. The molecule has 0 bridgehead atoms. The Morgan fingerprint density at radius 2 is 2.00 bits per heavy atom. The highest BCUT2D eigenvalue weighted by Crippen LogP contribution is 2.17. The van der Waals surface area contributed by atoms with E-state index in [1.54, 1.807) is 0 Å². The van der Waals surface area contributed by atoms with E-state index in [-0.39, 0.29) is 5.56 Å². The number of benzene rings is 1. The Morgan fingerprint density at radius 3 is 2.50 bits per heavy atom. The lowest BCUT2D eigenvalue weighted by Crippen LogP contribution is -2.49. The zero-order valence-electron chi connectivity index (χ0n) is 12.8. The second-order valence-corrected chi connectivity index (χ2v) is 7.07. The van der Waals surface area contributed by atoms with Crippen LogP contribution in [0, 0.1) is 21.6 Å². The summed E-state index contributed by atoms with van der Waals surface area (Å²) in [5.74, 6) is -2.69. The Balaban J connectivity index is 3.15. The average Bonchev–Trinajstić information content (AvgIpc) is 2.51. The number of sulfone groups is 1. The molecule has 1 atom stereocenters. The quantitative estimate of drug-likeness (QED) is 0.318. The first-order valence-corrected chi connectivity index (χ1v) is 8.52. The lowest BCUT2D eigenvalue weighted by molar-refractivity contribution is -0.385. The van der Waals surface area contributed by atoms with Gasteiger partial charge in [-0.2, -0.15) is 5.26 Å². The van der Waals surface area contributed by atoms with Crippen molar-refractivity contribution < 1.29 is 22.9 Å². The van der Waals surface area contributed by atoms with Gasteiger partial charge in [-0.15, -0.1) is 0 Å². The fourth-order valence-electron chi connectivity index (χ4n) is 1.82. The van der Waals surface area contributed by atoms with E-state index >= 15 is 0 Å². The van der Waals surface area contributed by atoms with Crippen LogP contribution < -0.4 is 5.32 Å². The topological polar surface area (TPSA) is 150 Å². The molecule has 24 heavy (non-hydrogen) atoms. The van der Waals surface area contributed by atoms with Crippen LogP contribution in [0.2, 0.25) is 0 Å². The molecule has 0 aliphatic rings. The first-order chi connectivity index (χ1) is 11.1. The Labute approximate surface area is 137 Å². The van der Waals surface area contributed by atoms with Gasteiger partial charge in [0, 0.05) is 19.4 Å². The van der Waals surface area contributed by atoms with Gasteiger partial charge in [-0.1, -0.05) is 12.1 Å². The summed E-state index contributed by atoms with van der Waals surface area (Å²) < 4.78 is 22.9. The summed E-state index contributed by atoms with van der Waals surface area (Å²) in [4.78, 5) is 35.0. The second-order valence-electron chi connectivity index (χ2n) is 4.89. The Morgan fingerprint density at radius 1 is 1.42 bits per heavy atom. The maximum absolute atomic E-state index is 12.2. The third kappa shape index (κ3) is 5.03. The maximum Gasteiger partial charge on any atom is 0.282 e. The van der Waals surface area contributed by atoms with Gasteiger partial charge < -0.3 is 5.32 Å². The molecule has 1 rings (SSSR count). The molecule has 1 N–H and O–H groups in total. The molecule has 1 unspecified atom stereocenters. The van der Waals surface area contributed by atoms with Crippen molar-refractivity contribution in [3.8, 4) is 6.19 Å². The molecule has 0 spiro atoms. The normalized spacial score (nSPS) is 11.9. The Kier molecular flexibility index (Phi) is 5.96. The highest BCUT2D eigenvalue weighted by molar-refractivity contribution is 7.90. The van der Waals surface area contributed by atoms with Gasteiger partial charge in [0.2, 0.25) is 0 Å². The second kappa shape index (κ2) is 7.51. The van der Waals surface area contributed by atoms with E-state index in [1.807, 2.05) is 0 Å². The summed E-state index contributed by atoms with van der Waals surface area (Å²) >= 11 is 0. The molecule has 0 saturated heterocycles. The van der Waals surface area contributed by atoms with Crippen LogP contribution in [0.25, 0.3) is 0 Å². The summed E-state index contributed by atoms with van der Waals surface area (Å²) in [5.41, 5.74) is -0.817. The van der Waals surface area contributed by atoms with Crippen molar-refractivity contribution in [2.24, 2.45) is 0 Å². The Bertz CT molecular complexity index is 814. The number of likely N-dealkylation sites (N-methyl/N-ethyl adjacent to an activating group) is 1. The average molecular weight is 354 g/mol. The predicted octanol–water partition coefficient (Wildman–Crippen LogP) is -0.323. The lowest BCUT2D eigenvalue weighted by atomic mass is 10.1. The van der Waals surface area contributed by atoms with E-state index in [9.17, 15) is 28.1 Å². The number of para-hydroxylation sites is 1. The fourth-order valence-corrected chi connectivity index (χ4v) is 2.65. The molecule has 0 radical (unpaired) electrons. The van der Waals surface area contributed by atoms with Crippen molar-refractivity contribution in [2.45, 2.75) is 6.04 Å². The largest absolute Gasteiger partial charge is 0.339 e. The summed E-state index contributed by atoms with van der Waals surface area (Å²) in [6.45, 7) is 0. The van der Waals surface area contributed by atoms with Crippen LogP contribution in [0.3, 0.4) is 0 Å². The number of nitro benzene ring substituents is 1. The number of nitro groups is 1. The monoisotopic (exact) mass is 354 g/mol. The molecule has 1 aromatic carbocycles. The van der Waals surface area contributed by atoms with Crippen LogP contribution in [0.1, 0.15) is 10.4 Å². The van der Waals surface area contributed by atoms with Crippen LogP contribution in [0.15, 0.2) is 24.3 Å². The standard InChI is InChI=1S/C13H14N4O6S/c1-16(8-14)13(19)10(7-24(2,22)23)15-12(18)9-5-3-4-6-11(9)17(20)21/h3-6,10H,7H2,1-2H3,(H,15,18). The van der Waals surface area contributed by atoms with Crippen LogP contribution in [-0.4, -0.2) is 55.2 Å². The van der Waals surface area contributed by atoms with E-state index in [0.29, 0.717) is 4.90 Å². The number of carbonyl (C=O) groups excluding carboxylic acids is 2. The van der Waals surface area contributed by atoms with Gasteiger partial charge in [0.25, 0.3) is 17.5 Å². The minimum Gasteiger partial charge on any atom is -0.339 e. The first kappa shape index (κ1) is 19.0.